The zero-order chi connectivity index (χ0) is 26.0. The minimum atomic E-state index is -0.868. The summed E-state index contributed by atoms with van der Waals surface area (Å²) in [5, 5.41) is 9.78. The van der Waals surface area contributed by atoms with Crippen molar-refractivity contribution >= 4 is 17.9 Å². The average Bonchev–Trinajstić information content (AvgIpc) is 2.80. The molecule has 1 N–H and O–H groups in total. The zero-order valence-electron chi connectivity index (χ0n) is 20.0. The second-order valence-electron chi connectivity index (χ2n) is 9.04. The van der Waals surface area contributed by atoms with Crippen molar-refractivity contribution in [3.63, 3.8) is 0 Å². The predicted octanol–water partition coefficient (Wildman–Crippen LogP) is 5.97. The topological polar surface area (TPSA) is 103 Å². The van der Waals surface area contributed by atoms with Crippen molar-refractivity contribution in [1.29, 1.82) is 0 Å². The normalized spacial score (nSPS) is 15.1. The van der Waals surface area contributed by atoms with Gasteiger partial charge in [-0.15, -0.1) is 5.10 Å². The van der Waals surface area contributed by atoms with Crippen LogP contribution in [0, 0.1) is 11.6 Å². The zero-order valence-corrected chi connectivity index (χ0v) is 20.0. The number of carbonyl (C=O) groups is 2. The van der Waals surface area contributed by atoms with E-state index < -0.39 is 35.5 Å². The molecule has 1 aromatic heterocycles. The van der Waals surface area contributed by atoms with Gasteiger partial charge in [0.15, 0.2) is 17.3 Å². The van der Waals surface area contributed by atoms with Gasteiger partial charge in [-0.25, -0.2) is 14.0 Å². The Bertz CT molecular complexity index is 1300. The number of rotatable bonds is 5. The van der Waals surface area contributed by atoms with Gasteiger partial charge in [-0.1, -0.05) is 12.1 Å². The first kappa shape index (κ1) is 24.8. The summed E-state index contributed by atoms with van der Waals surface area (Å²) in [7, 11) is 0. The summed E-state index contributed by atoms with van der Waals surface area (Å²) in [6, 6.07) is 9.78. The number of anilines is 1. The molecule has 1 unspecified atom stereocenters. The molecule has 11 heteroatoms. The number of ether oxygens (including phenoxy) is 3. The average molecular weight is 498 g/mol. The Hall–Kier alpha value is -4.28. The fourth-order valence-electron chi connectivity index (χ4n) is 3.59. The number of aromatic nitrogens is 2. The van der Waals surface area contributed by atoms with Crippen LogP contribution in [0.2, 0.25) is 0 Å². The van der Waals surface area contributed by atoms with E-state index in [0.717, 1.165) is 0 Å². The van der Waals surface area contributed by atoms with E-state index in [0.29, 0.717) is 5.56 Å². The number of carbonyl (C=O) groups excluding carboxylic acids is 2. The summed E-state index contributed by atoms with van der Waals surface area (Å²) in [6.45, 7) is 6.55. The van der Waals surface area contributed by atoms with Crippen LogP contribution in [0.5, 0.6) is 17.4 Å². The predicted molar refractivity (Wildman–Crippen MR) is 125 cm³/mol. The molecular weight excluding hydrogens is 474 g/mol. The first-order chi connectivity index (χ1) is 17.0. The van der Waals surface area contributed by atoms with E-state index in [4.69, 9.17) is 14.2 Å². The summed E-state index contributed by atoms with van der Waals surface area (Å²) in [5.74, 6) is -1.98. The van der Waals surface area contributed by atoms with Gasteiger partial charge in [-0.05, 0) is 52.0 Å². The van der Waals surface area contributed by atoms with E-state index in [2.05, 4.69) is 15.5 Å². The maximum absolute atomic E-state index is 15.2. The fourth-order valence-corrected chi connectivity index (χ4v) is 3.59. The molecule has 0 saturated heterocycles. The number of hydrogen-bond acceptors (Lipinski definition) is 7. The van der Waals surface area contributed by atoms with Gasteiger partial charge in [-0.2, -0.15) is 9.49 Å². The molecule has 4 rings (SSSR count). The van der Waals surface area contributed by atoms with E-state index >= 15 is 8.78 Å². The van der Waals surface area contributed by atoms with Crippen LogP contribution in [0.25, 0.3) is 0 Å². The Labute approximate surface area is 206 Å². The third-order valence-corrected chi connectivity index (χ3v) is 5.25. The molecule has 3 aromatic rings. The van der Waals surface area contributed by atoms with Crippen LogP contribution in [-0.2, 0) is 11.3 Å². The number of hydrogen-bond donors (Lipinski definition) is 1. The van der Waals surface area contributed by atoms with Gasteiger partial charge in [0.05, 0.1) is 18.3 Å². The first-order valence-electron chi connectivity index (χ1n) is 11.1. The molecule has 2 amide bonds. The number of nitrogens with zero attached hydrogens (tertiary/aromatic N) is 3. The van der Waals surface area contributed by atoms with Crippen LogP contribution in [-0.4, -0.2) is 32.9 Å². The number of benzene rings is 2. The molecule has 1 aliphatic heterocycles. The fraction of sp³-hybridized carbons (Fsp3) is 0.280. The quantitative estimate of drug-likeness (QED) is 0.462. The lowest BCUT2D eigenvalue weighted by atomic mass is 10.0. The van der Waals surface area contributed by atoms with Crippen LogP contribution >= 0.6 is 0 Å². The van der Waals surface area contributed by atoms with Gasteiger partial charge in [0, 0.05) is 23.4 Å². The van der Waals surface area contributed by atoms with Crippen molar-refractivity contribution in [2.45, 2.75) is 45.9 Å². The van der Waals surface area contributed by atoms with E-state index in [1.165, 1.54) is 41.4 Å². The van der Waals surface area contributed by atoms with Crippen LogP contribution < -0.4 is 14.8 Å². The molecule has 0 saturated carbocycles. The van der Waals surface area contributed by atoms with E-state index in [9.17, 15) is 9.59 Å². The second kappa shape index (κ2) is 9.76. The summed E-state index contributed by atoms with van der Waals surface area (Å²) >= 11 is 0. The molecule has 188 valence electrons. The molecule has 1 atom stereocenters. The number of nitrogens with one attached hydrogen (secondary N) is 1. The Balaban J connectivity index is 1.54. The molecule has 36 heavy (non-hydrogen) atoms. The minimum Gasteiger partial charge on any atom is -0.444 e. The highest BCUT2D eigenvalue weighted by Crippen LogP contribution is 2.41. The maximum Gasteiger partial charge on any atom is 0.416 e. The van der Waals surface area contributed by atoms with Crippen molar-refractivity contribution < 1.29 is 32.6 Å². The lowest BCUT2D eigenvalue weighted by Gasteiger charge is -2.34. The van der Waals surface area contributed by atoms with E-state index in [-0.39, 0.29) is 35.2 Å². The van der Waals surface area contributed by atoms with Crippen molar-refractivity contribution in [3.05, 3.63) is 71.4 Å². The number of amides is 2. The highest BCUT2D eigenvalue weighted by atomic mass is 19.1. The molecule has 1 aliphatic rings. The smallest absolute Gasteiger partial charge is 0.416 e. The van der Waals surface area contributed by atoms with E-state index in [1.54, 1.807) is 39.8 Å². The standard InChI is InChI=1S/C25H24F2N4O5/c1-14-16-10-11-18(34-19-9-6-12-28-30-19)21(27)22(16)35-24(33)31(14)13-15-7-5-8-17(20(15)26)29-23(32)36-25(2,3)4/h5-12,14H,13H2,1-4H3,(H,29,32). The molecule has 0 aliphatic carbocycles. The van der Waals surface area contributed by atoms with Gasteiger partial charge < -0.3 is 14.2 Å². The molecule has 0 spiro atoms. The number of fused-ring (bicyclic) bond motifs is 1. The molecule has 0 bridgehead atoms. The highest BCUT2D eigenvalue weighted by molar-refractivity contribution is 5.85. The highest BCUT2D eigenvalue weighted by Gasteiger charge is 2.35. The van der Waals surface area contributed by atoms with Gasteiger partial charge >= 0.3 is 12.2 Å². The van der Waals surface area contributed by atoms with Crippen molar-refractivity contribution in [1.82, 2.24) is 15.1 Å². The third-order valence-electron chi connectivity index (χ3n) is 5.25. The lowest BCUT2D eigenvalue weighted by Crippen LogP contribution is -2.39. The van der Waals surface area contributed by atoms with Gasteiger partial charge in [0.25, 0.3) is 0 Å². The van der Waals surface area contributed by atoms with Crippen LogP contribution in [0.4, 0.5) is 24.1 Å². The first-order valence-corrected chi connectivity index (χ1v) is 11.1. The van der Waals surface area contributed by atoms with Gasteiger partial charge in [0.2, 0.25) is 11.7 Å². The Morgan fingerprint density at radius 3 is 2.61 bits per heavy atom. The van der Waals surface area contributed by atoms with Crippen molar-refractivity contribution in [2.75, 3.05) is 5.32 Å². The Kier molecular flexibility index (Phi) is 6.73. The van der Waals surface area contributed by atoms with Crippen LogP contribution in [0.3, 0.4) is 0 Å². The molecule has 9 nitrogen and oxygen atoms in total. The monoisotopic (exact) mass is 498 g/mol. The van der Waals surface area contributed by atoms with Crippen LogP contribution in [0.1, 0.15) is 44.9 Å². The largest absolute Gasteiger partial charge is 0.444 e. The molecule has 2 heterocycles. The molecule has 0 fully saturated rings. The lowest BCUT2D eigenvalue weighted by molar-refractivity contribution is 0.0635. The molecule has 0 radical (unpaired) electrons. The second-order valence-corrected chi connectivity index (χ2v) is 9.04. The Morgan fingerprint density at radius 2 is 1.92 bits per heavy atom. The summed E-state index contributed by atoms with van der Waals surface area (Å²) in [5.41, 5.74) is -0.356. The maximum atomic E-state index is 15.2. The Morgan fingerprint density at radius 1 is 1.14 bits per heavy atom. The van der Waals surface area contributed by atoms with Crippen molar-refractivity contribution in [3.8, 4) is 17.4 Å². The van der Waals surface area contributed by atoms with Crippen molar-refractivity contribution in [2.24, 2.45) is 0 Å². The van der Waals surface area contributed by atoms with Gasteiger partial charge in [0.1, 0.15) is 5.60 Å². The SMILES string of the molecule is CC1c2ccc(Oc3cccnn3)c(F)c2OC(=O)N1Cc1cccc(NC(=O)OC(C)(C)C)c1F. The summed E-state index contributed by atoms with van der Waals surface area (Å²) in [6.07, 6.45) is -0.232. The van der Waals surface area contributed by atoms with Crippen LogP contribution in [0.15, 0.2) is 48.7 Å². The van der Waals surface area contributed by atoms with Gasteiger partial charge in [-0.3, -0.25) is 10.2 Å². The van der Waals surface area contributed by atoms with E-state index in [1.807, 2.05) is 0 Å². The third kappa shape index (κ3) is 5.35. The minimum absolute atomic E-state index is 0.0727. The molecule has 2 aromatic carbocycles. The number of halogens is 2. The summed E-state index contributed by atoms with van der Waals surface area (Å²) in [4.78, 5) is 26.1. The summed E-state index contributed by atoms with van der Waals surface area (Å²) < 4.78 is 46.1. The molecular formula is C25H24F2N4O5.